The van der Waals surface area contributed by atoms with Crippen LogP contribution < -0.4 is 0 Å². The molecule has 12 heavy (non-hydrogen) atoms. The van der Waals surface area contributed by atoms with Gasteiger partial charge in [-0.1, -0.05) is 33.1 Å². The van der Waals surface area contributed by atoms with Gasteiger partial charge in [0.1, 0.15) is 0 Å². The second kappa shape index (κ2) is 4.86. The van der Waals surface area contributed by atoms with Crippen LogP contribution in [0.2, 0.25) is 0 Å². The molecule has 72 valence electrons. The molecule has 0 unspecified atom stereocenters. The molecule has 1 saturated carbocycles. The molecular formula is C11H22O. The number of hydrogen-bond donors (Lipinski definition) is 1. The standard InChI is InChI=1S/C11H22O/c1-9(2)11-7-5-3-4-6-10(11)8-12/h9-12H,3-8H2,1-2H3/t10-,11+/m0/s1. The Morgan fingerprint density at radius 2 is 1.83 bits per heavy atom. The number of hydrogen-bond acceptors (Lipinski definition) is 1. The average molecular weight is 170 g/mol. The third-order valence-corrected chi connectivity index (χ3v) is 3.31. The normalized spacial score (nSPS) is 32.0. The van der Waals surface area contributed by atoms with Gasteiger partial charge in [-0.25, -0.2) is 0 Å². The van der Waals surface area contributed by atoms with Gasteiger partial charge in [0.15, 0.2) is 0 Å². The number of aliphatic hydroxyl groups is 1. The van der Waals surface area contributed by atoms with Crippen LogP contribution in [0.4, 0.5) is 0 Å². The van der Waals surface area contributed by atoms with Crippen molar-refractivity contribution in [3.05, 3.63) is 0 Å². The fourth-order valence-corrected chi connectivity index (χ4v) is 2.52. The SMILES string of the molecule is CC(C)[C@H]1CCCCC[C@H]1CO. The summed E-state index contributed by atoms with van der Waals surface area (Å²) in [6, 6.07) is 0. The zero-order valence-corrected chi connectivity index (χ0v) is 8.42. The fraction of sp³-hybridized carbons (Fsp3) is 1.00. The monoisotopic (exact) mass is 170 g/mol. The zero-order valence-electron chi connectivity index (χ0n) is 8.42. The summed E-state index contributed by atoms with van der Waals surface area (Å²) in [5.41, 5.74) is 0. The van der Waals surface area contributed by atoms with E-state index in [-0.39, 0.29) is 0 Å². The van der Waals surface area contributed by atoms with Crippen molar-refractivity contribution < 1.29 is 5.11 Å². The molecule has 0 aromatic carbocycles. The van der Waals surface area contributed by atoms with Gasteiger partial charge < -0.3 is 5.11 Å². The quantitative estimate of drug-likeness (QED) is 0.632. The average Bonchev–Trinajstić information content (AvgIpc) is 2.27. The van der Waals surface area contributed by atoms with Gasteiger partial charge in [-0.3, -0.25) is 0 Å². The second-order valence-electron chi connectivity index (χ2n) is 4.49. The number of rotatable bonds is 2. The third kappa shape index (κ3) is 2.48. The molecule has 0 amide bonds. The lowest BCUT2D eigenvalue weighted by molar-refractivity contribution is 0.139. The summed E-state index contributed by atoms with van der Waals surface area (Å²) in [4.78, 5) is 0. The van der Waals surface area contributed by atoms with Crippen LogP contribution in [0, 0.1) is 17.8 Å². The Morgan fingerprint density at radius 3 is 2.42 bits per heavy atom. The molecule has 1 heteroatoms. The molecule has 0 aromatic heterocycles. The maximum absolute atomic E-state index is 9.24. The van der Waals surface area contributed by atoms with Crippen LogP contribution in [-0.4, -0.2) is 11.7 Å². The summed E-state index contributed by atoms with van der Waals surface area (Å²) in [6.45, 7) is 4.99. The Labute approximate surface area is 76.2 Å². The topological polar surface area (TPSA) is 20.2 Å². The lowest BCUT2D eigenvalue weighted by atomic mass is 9.80. The molecule has 2 atom stereocenters. The summed E-state index contributed by atoms with van der Waals surface area (Å²) >= 11 is 0. The first-order chi connectivity index (χ1) is 5.75. The van der Waals surface area contributed by atoms with Gasteiger partial charge in [-0.2, -0.15) is 0 Å². The van der Waals surface area contributed by atoms with Crippen molar-refractivity contribution in [2.45, 2.75) is 46.0 Å². The first-order valence-electron chi connectivity index (χ1n) is 5.36. The van der Waals surface area contributed by atoms with Crippen molar-refractivity contribution in [2.24, 2.45) is 17.8 Å². The molecule has 0 aromatic rings. The zero-order chi connectivity index (χ0) is 8.97. The maximum atomic E-state index is 9.24. The van der Waals surface area contributed by atoms with E-state index in [0.29, 0.717) is 12.5 Å². The molecule has 0 aliphatic heterocycles. The second-order valence-corrected chi connectivity index (χ2v) is 4.49. The predicted molar refractivity (Wildman–Crippen MR) is 52.0 cm³/mol. The highest BCUT2D eigenvalue weighted by molar-refractivity contribution is 4.75. The van der Waals surface area contributed by atoms with Crippen molar-refractivity contribution in [2.75, 3.05) is 6.61 Å². The Morgan fingerprint density at radius 1 is 1.17 bits per heavy atom. The highest BCUT2D eigenvalue weighted by Crippen LogP contribution is 2.33. The minimum atomic E-state index is 0.406. The largest absolute Gasteiger partial charge is 0.396 e. The first kappa shape index (κ1) is 10.0. The first-order valence-corrected chi connectivity index (χ1v) is 5.36. The van der Waals surface area contributed by atoms with Crippen molar-refractivity contribution in [3.63, 3.8) is 0 Å². The Balaban J connectivity index is 2.51. The van der Waals surface area contributed by atoms with Gasteiger partial charge in [-0.15, -0.1) is 0 Å². The van der Waals surface area contributed by atoms with Crippen molar-refractivity contribution in [3.8, 4) is 0 Å². The van der Waals surface area contributed by atoms with Crippen LogP contribution in [0.1, 0.15) is 46.0 Å². The van der Waals surface area contributed by atoms with Crippen molar-refractivity contribution >= 4 is 0 Å². The van der Waals surface area contributed by atoms with Crippen molar-refractivity contribution in [1.82, 2.24) is 0 Å². The van der Waals surface area contributed by atoms with Gasteiger partial charge >= 0.3 is 0 Å². The van der Waals surface area contributed by atoms with E-state index in [1.165, 1.54) is 32.1 Å². The smallest absolute Gasteiger partial charge is 0.0462 e. The Hall–Kier alpha value is -0.0400. The molecule has 1 N–H and O–H groups in total. The minimum Gasteiger partial charge on any atom is -0.396 e. The van der Waals surface area contributed by atoms with Gasteiger partial charge in [0, 0.05) is 6.61 Å². The molecule has 1 aliphatic carbocycles. The molecule has 0 spiro atoms. The molecule has 0 radical (unpaired) electrons. The van der Waals surface area contributed by atoms with E-state index in [1.54, 1.807) is 0 Å². The van der Waals surface area contributed by atoms with E-state index in [4.69, 9.17) is 0 Å². The summed E-state index contributed by atoms with van der Waals surface area (Å²) in [5, 5.41) is 9.24. The predicted octanol–water partition coefficient (Wildman–Crippen LogP) is 2.83. The van der Waals surface area contributed by atoms with Gasteiger partial charge in [0.05, 0.1) is 0 Å². The summed E-state index contributed by atoms with van der Waals surface area (Å²) in [5.74, 6) is 2.12. The van der Waals surface area contributed by atoms with Gasteiger partial charge in [0.25, 0.3) is 0 Å². The molecule has 0 bridgehead atoms. The molecule has 1 nitrogen and oxygen atoms in total. The van der Waals surface area contributed by atoms with E-state index in [0.717, 1.165) is 11.8 Å². The van der Waals surface area contributed by atoms with E-state index < -0.39 is 0 Å². The van der Waals surface area contributed by atoms with Crippen molar-refractivity contribution in [1.29, 1.82) is 0 Å². The van der Waals surface area contributed by atoms with Crippen LogP contribution in [0.5, 0.6) is 0 Å². The van der Waals surface area contributed by atoms with Crippen LogP contribution in [0.15, 0.2) is 0 Å². The van der Waals surface area contributed by atoms with Crippen LogP contribution in [0.3, 0.4) is 0 Å². The summed E-state index contributed by atoms with van der Waals surface area (Å²) < 4.78 is 0. The molecule has 0 saturated heterocycles. The van der Waals surface area contributed by atoms with Crippen LogP contribution >= 0.6 is 0 Å². The Bertz CT molecular complexity index is 120. The molecule has 1 aliphatic rings. The summed E-state index contributed by atoms with van der Waals surface area (Å²) in [7, 11) is 0. The lowest BCUT2D eigenvalue weighted by Gasteiger charge is -2.26. The lowest BCUT2D eigenvalue weighted by Crippen LogP contribution is -2.22. The fourth-order valence-electron chi connectivity index (χ4n) is 2.52. The van der Waals surface area contributed by atoms with Gasteiger partial charge in [0.2, 0.25) is 0 Å². The van der Waals surface area contributed by atoms with E-state index in [1.807, 2.05) is 0 Å². The van der Waals surface area contributed by atoms with Crippen LogP contribution in [0.25, 0.3) is 0 Å². The Kier molecular flexibility index (Phi) is 4.07. The van der Waals surface area contributed by atoms with E-state index >= 15 is 0 Å². The number of aliphatic hydroxyl groups excluding tert-OH is 1. The van der Waals surface area contributed by atoms with Crippen LogP contribution in [-0.2, 0) is 0 Å². The molecular weight excluding hydrogens is 148 g/mol. The molecule has 1 fully saturated rings. The maximum Gasteiger partial charge on any atom is 0.0462 e. The third-order valence-electron chi connectivity index (χ3n) is 3.31. The highest BCUT2D eigenvalue weighted by Gasteiger charge is 2.25. The van der Waals surface area contributed by atoms with E-state index in [9.17, 15) is 5.11 Å². The van der Waals surface area contributed by atoms with Gasteiger partial charge in [-0.05, 0) is 30.6 Å². The molecule has 0 heterocycles. The highest BCUT2D eigenvalue weighted by atomic mass is 16.3. The summed E-state index contributed by atoms with van der Waals surface area (Å²) in [6.07, 6.45) is 6.66. The molecule has 1 rings (SSSR count). The van der Waals surface area contributed by atoms with E-state index in [2.05, 4.69) is 13.8 Å². The minimum absolute atomic E-state index is 0.406.